The van der Waals surface area contributed by atoms with Gasteiger partial charge < -0.3 is 16.0 Å². The van der Waals surface area contributed by atoms with Gasteiger partial charge in [0.05, 0.1) is 17.0 Å². The fourth-order valence-corrected chi connectivity index (χ4v) is 4.79. The molecule has 3 heterocycles. The van der Waals surface area contributed by atoms with Crippen molar-refractivity contribution in [3.8, 4) is 0 Å². The van der Waals surface area contributed by atoms with Crippen LogP contribution in [0.15, 0.2) is 35.4 Å². The number of nitrogens with two attached hydrogens (primary N) is 1. The Balaban J connectivity index is 1.73. The minimum Gasteiger partial charge on any atom is -0.399 e. The van der Waals surface area contributed by atoms with Crippen molar-refractivity contribution < 1.29 is 18.0 Å². The van der Waals surface area contributed by atoms with E-state index >= 15 is 0 Å². The van der Waals surface area contributed by atoms with Gasteiger partial charge in [-0.15, -0.1) is 0 Å². The molecule has 0 spiro atoms. The van der Waals surface area contributed by atoms with Gasteiger partial charge in [-0.25, -0.2) is 9.97 Å². The highest BCUT2D eigenvalue weighted by Crippen LogP contribution is 2.34. The molecule has 1 fully saturated rings. The Kier molecular flexibility index (Phi) is 6.92. The number of aryl methyl sites for hydroxylation is 1. The number of nitrogens with zero attached hydrogens (tertiary/aromatic N) is 4. The first-order chi connectivity index (χ1) is 17.0. The van der Waals surface area contributed by atoms with Crippen LogP contribution in [0.4, 0.5) is 24.7 Å². The van der Waals surface area contributed by atoms with Crippen LogP contribution in [0, 0.1) is 0 Å². The molecule has 1 aliphatic heterocycles. The summed E-state index contributed by atoms with van der Waals surface area (Å²) >= 11 is 0. The number of hydrogen-bond donors (Lipinski definition) is 2. The van der Waals surface area contributed by atoms with Gasteiger partial charge in [0.1, 0.15) is 17.8 Å². The van der Waals surface area contributed by atoms with Crippen LogP contribution in [0.2, 0.25) is 0 Å². The highest BCUT2D eigenvalue weighted by molar-refractivity contribution is 5.87. The molecule has 0 saturated carbocycles. The molecule has 1 saturated heterocycles. The largest absolute Gasteiger partial charge is 0.416 e. The third-order valence-electron chi connectivity index (χ3n) is 6.77. The molecule has 11 heteroatoms. The second-order valence-electron chi connectivity index (χ2n) is 9.14. The Labute approximate surface area is 206 Å². The van der Waals surface area contributed by atoms with Crippen molar-refractivity contribution in [2.75, 3.05) is 24.1 Å². The summed E-state index contributed by atoms with van der Waals surface area (Å²) in [7, 11) is 0. The first kappa shape index (κ1) is 25.5. The molecule has 1 aliphatic rings. The SMILES string of the molecule is CCn1c(=O)c(C2CCN(C(C)=O)CC2)cc2c(N[C@H](C)c3cc(N)cc(C(F)(F)F)c3)ncnc21. The number of hydrogen-bond acceptors (Lipinski definition) is 6. The van der Waals surface area contributed by atoms with Crippen LogP contribution in [-0.2, 0) is 17.5 Å². The number of fused-ring (bicyclic) bond motifs is 1. The molecule has 1 aromatic carbocycles. The van der Waals surface area contributed by atoms with Gasteiger partial charge in [-0.05, 0) is 62.4 Å². The topological polar surface area (TPSA) is 106 Å². The van der Waals surface area contributed by atoms with Crippen LogP contribution in [0.25, 0.3) is 11.0 Å². The number of rotatable bonds is 5. The molecule has 3 N–H and O–H groups in total. The molecule has 0 radical (unpaired) electrons. The molecule has 2 aromatic heterocycles. The Morgan fingerprint density at radius 1 is 1.19 bits per heavy atom. The van der Waals surface area contributed by atoms with E-state index in [0.717, 1.165) is 12.1 Å². The fourth-order valence-electron chi connectivity index (χ4n) is 4.79. The van der Waals surface area contributed by atoms with E-state index in [4.69, 9.17) is 5.73 Å². The number of halogens is 3. The summed E-state index contributed by atoms with van der Waals surface area (Å²) in [4.78, 5) is 35.5. The van der Waals surface area contributed by atoms with E-state index in [2.05, 4.69) is 15.3 Å². The second-order valence-corrected chi connectivity index (χ2v) is 9.14. The summed E-state index contributed by atoms with van der Waals surface area (Å²) in [6, 6.07) is 4.69. The highest BCUT2D eigenvalue weighted by atomic mass is 19.4. The molecule has 0 aliphatic carbocycles. The number of carbonyl (C=O) groups excluding carboxylic acids is 1. The fraction of sp³-hybridized carbons (Fsp3) is 0.440. The number of nitrogens with one attached hydrogen (secondary N) is 1. The lowest BCUT2D eigenvalue weighted by Crippen LogP contribution is -2.38. The molecule has 4 rings (SSSR count). The monoisotopic (exact) mass is 502 g/mol. The normalized spacial score (nSPS) is 15.8. The van der Waals surface area contributed by atoms with Crippen LogP contribution >= 0.6 is 0 Å². The zero-order chi connectivity index (χ0) is 26.2. The molecule has 0 unspecified atom stereocenters. The van der Waals surface area contributed by atoms with Crippen molar-refractivity contribution in [3.63, 3.8) is 0 Å². The molecule has 0 bridgehead atoms. The maximum Gasteiger partial charge on any atom is 0.416 e. The van der Waals surface area contributed by atoms with E-state index in [0.29, 0.717) is 60.5 Å². The summed E-state index contributed by atoms with van der Waals surface area (Å²) in [5, 5.41) is 3.79. The number of piperidine rings is 1. The number of aromatic nitrogens is 3. The molecule has 8 nitrogen and oxygen atoms in total. The Hall–Kier alpha value is -3.63. The van der Waals surface area contributed by atoms with Gasteiger partial charge in [0.25, 0.3) is 5.56 Å². The maximum atomic E-state index is 13.3. The van der Waals surface area contributed by atoms with E-state index in [1.165, 1.54) is 19.3 Å². The number of carbonyl (C=O) groups is 1. The molecular formula is C25H29F3N6O2. The van der Waals surface area contributed by atoms with Crippen LogP contribution < -0.4 is 16.6 Å². The van der Waals surface area contributed by atoms with Gasteiger partial charge in [-0.3, -0.25) is 14.2 Å². The van der Waals surface area contributed by atoms with Crippen LogP contribution in [0.1, 0.15) is 62.3 Å². The van der Waals surface area contributed by atoms with E-state index in [9.17, 15) is 22.8 Å². The zero-order valence-electron chi connectivity index (χ0n) is 20.4. The smallest absolute Gasteiger partial charge is 0.399 e. The predicted molar refractivity (Wildman–Crippen MR) is 132 cm³/mol. The molecular weight excluding hydrogens is 473 g/mol. The van der Waals surface area contributed by atoms with E-state index < -0.39 is 17.8 Å². The number of anilines is 2. The molecule has 192 valence electrons. The lowest BCUT2D eigenvalue weighted by atomic mass is 9.89. The third-order valence-corrected chi connectivity index (χ3v) is 6.77. The standard InChI is InChI=1S/C25H29F3N6O2/c1-4-34-23-21(12-20(24(34)36)16-5-7-33(8-6-16)15(3)35)22(30-13-31-23)32-14(2)17-9-18(25(26,27)28)11-19(29)10-17/h9-14,16H,4-8,29H2,1-3H3,(H,30,31,32)/t14-/m1/s1. The number of nitrogen functional groups attached to an aromatic ring is 1. The van der Waals surface area contributed by atoms with Crippen molar-refractivity contribution in [1.29, 1.82) is 0 Å². The van der Waals surface area contributed by atoms with Crippen molar-refractivity contribution >= 4 is 28.4 Å². The predicted octanol–water partition coefficient (Wildman–Crippen LogP) is 4.31. The lowest BCUT2D eigenvalue weighted by Gasteiger charge is -2.31. The quantitative estimate of drug-likeness (QED) is 0.504. The first-order valence-electron chi connectivity index (χ1n) is 11.9. The molecule has 1 amide bonds. The van der Waals surface area contributed by atoms with Gasteiger partial charge in [0.15, 0.2) is 0 Å². The van der Waals surface area contributed by atoms with Crippen LogP contribution in [0.5, 0.6) is 0 Å². The average Bonchev–Trinajstić information content (AvgIpc) is 2.83. The summed E-state index contributed by atoms with van der Waals surface area (Å²) < 4.78 is 41.5. The molecule has 3 aromatic rings. The number of amides is 1. The van der Waals surface area contributed by atoms with Crippen molar-refractivity contribution in [1.82, 2.24) is 19.4 Å². The minimum absolute atomic E-state index is 0.0139. The van der Waals surface area contributed by atoms with Gasteiger partial charge in [-0.2, -0.15) is 13.2 Å². The van der Waals surface area contributed by atoms with Gasteiger partial charge in [-0.1, -0.05) is 0 Å². The van der Waals surface area contributed by atoms with E-state index in [1.807, 2.05) is 6.92 Å². The van der Waals surface area contributed by atoms with Gasteiger partial charge >= 0.3 is 6.18 Å². The number of benzene rings is 1. The van der Waals surface area contributed by atoms with Crippen molar-refractivity contribution in [2.45, 2.75) is 58.3 Å². The highest BCUT2D eigenvalue weighted by Gasteiger charge is 2.31. The van der Waals surface area contributed by atoms with Gasteiger partial charge in [0.2, 0.25) is 5.91 Å². The summed E-state index contributed by atoms with van der Waals surface area (Å²) in [6.07, 6.45) is -1.86. The second kappa shape index (κ2) is 9.79. The number of alkyl halides is 3. The average molecular weight is 503 g/mol. The summed E-state index contributed by atoms with van der Waals surface area (Å²) in [5.41, 5.74) is 6.24. The molecule has 1 atom stereocenters. The minimum atomic E-state index is -4.52. The third kappa shape index (κ3) is 5.00. The van der Waals surface area contributed by atoms with Crippen molar-refractivity contribution in [2.24, 2.45) is 0 Å². The molecule has 36 heavy (non-hydrogen) atoms. The number of pyridine rings is 1. The Bertz CT molecular complexity index is 1350. The summed E-state index contributed by atoms with van der Waals surface area (Å²) in [6.45, 7) is 6.66. The van der Waals surface area contributed by atoms with Gasteiger partial charge in [0, 0.05) is 37.8 Å². The lowest BCUT2D eigenvalue weighted by molar-refractivity contribution is -0.137. The first-order valence-corrected chi connectivity index (χ1v) is 11.9. The maximum absolute atomic E-state index is 13.3. The Morgan fingerprint density at radius 2 is 1.89 bits per heavy atom. The number of likely N-dealkylation sites (tertiary alicyclic amines) is 1. The van der Waals surface area contributed by atoms with E-state index in [1.54, 1.807) is 22.5 Å². The van der Waals surface area contributed by atoms with Crippen LogP contribution in [0.3, 0.4) is 0 Å². The van der Waals surface area contributed by atoms with Crippen molar-refractivity contribution in [3.05, 3.63) is 57.6 Å². The van der Waals surface area contributed by atoms with Crippen LogP contribution in [-0.4, -0.2) is 38.4 Å². The Morgan fingerprint density at radius 3 is 2.50 bits per heavy atom. The van der Waals surface area contributed by atoms with E-state index in [-0.39, 0.29) is 23.1 Å². The zero-order valence-corrected chi connectivity index (χ0v) is 20.4. The summed E-state index contributed by atoms with van der Waals surface area (Å²) in [5.74, 6) is 0.402.